The average molecular weight is 326 g/mol. The van der Waals surface area contributed by atoms with Crippen LogP contribution in [-0.2, 0) is 12.8 Å². The summed E-state index contributed by atoms with van der Waals surface area (Å²) in [6, 6.07) is 13.6. The topological polar surface area (TPSA) is 55.6 Å². The third kappa shape index (κ3) is 3.41. The molecular weight excluding hydrogens is 304 g/mol. The second-order valence-electron chi connectivity index (χ2n) is 6.20. The van der Waals surface area contributed by atoms with Crippen molar-refractivity contribution in [3.05, 3.63) is 69.3 Å². The van der Waals surface area contributed by atoms with Crippen LogP contribution < -0.4 is 4.74 Å². The van der Waals surface area contributed by atoms with Crippen LogP contribution in [0.3, 0.4) is 0 Å². The molecule has 0 aliphatic carbocycles. The number of nitrogens with zero attached hydrogens (tertiary/aromatic N) is 2. The van der Waals surface area contributed by atoms with Crippen molar-refractivity contribution in [2.45, 2.75) is 25.8 Å². The Bertz CT molecular complexity index is 728. The number of fused-ring (bicyclic) bond motifs is 1. The Labute approximate surface area is 142 Å². The minimum atomic E-state index is -0.359. The van der Waals surface area contributed by atoms with Crippen molar-refractivity contribution in [2.24, 2.45) is 0 Å². The molecule has 0 aromatic heterocycles. The van der Waals surface area contributed by atoms with Crippen LogP contribution in [0.2, 0.25) is 0 Å². The zero-order chi connectivity index (χ0) is 17.1. The largest absolute Gasteiger partial charge is 0.497 e. The highest BCUT2D eigenvalue weighted by atomic mass is 16.6. The van der Waals surface area contributed by atoms with Crippen LogP contribution in [0, 0.1) is 10.1 Å². The van der Waals surface area contributed by atoms with Gasteiger partial charge in [0.15, 0.2) is 0 Å². The highest BCUT2D eigenvalue weighted by Gasteiger charge is 2.23. The van der Waals surface area contributed by atoms with Crippen molar-refractivity contribution in [3.8, 4) is 5.75 Å². The monoisotopic (exact) mass is 326 g/mol. The van der Waals surface area contributed by atoms with Gasteiger partial charge < -0.3 is 4.74 Å². The Morgan fingerprint density at radius 1 is 1.25 bits per heavy atom. The summed E-state index contributed by atoms with van der Waals surface area (Å²) < 4.78 is 5.31. The molecule has 126 valence electrons. The molecule has 1 unspecified atom stereocenters. The van der Waals surface area contributed by atoms with E-state index in [1.54, 1.807) is 19.2 Å². The predicted octanol–water partition coefficient (Wildman–Crippen LogP) is 3.77. The number of methoxy groups -OCH3 is 1. The third-order valence-corrected chi connectivity index (χ3v) is 4.85. The molecule has 0 saturated carbocycles. The van der Waals surface area contributed by atoms with Crippen molar-refractivity contribution >= 4 is 5.69 Å². The Balaban J connectivity index is 1.65. The first kappa shape index (κ1) is 16.5. The lowest BCUT2D eigenvalue weighted by molar-refractivity contribution is -0.384. The second-order valence-corrected chi connectivity index (χ2v) is 6.20. The molecule has 5 nitrogen and oxygen atoms in total. The molecule has 24 heavy (non-hydrogen) atoms. The maximum Gasteiger partial charge on any atom is 0.269 e. The van der Waals surface area contributed by atoms with Crippen LogP contribution in [0.1, 0.15) is 29.7 Å². The molecule has 0 N–H and O–H groups in total. The summed E-state index contributed by atoms with van der Waals surface area (Å²) in [5.74, 6) is 0.917. The van der Waals surface area contributed by atoms with Crippen LogP contribution in [0.5, 0.6) is 5.75 Å². The van der Waals surface area contributed by atoms with Gasteiger partial charge in [-0.1, -0.05) is 18.2 Å². The van der Waals surface area contributed by atoms with Crippen molar-refractivity contribution in [3.63, 3.8) is 0 Å². The van der Waals surface area contributed by atoms with Crippen LogP contribution in [-0.4, -0.2) is 30.0 Å². The van der Waals surface area contributed by atoms with Gasteiger partial charge in [-0.2, -0.15) is 0 Å². The molecule has 0 saturated heterocycles. The van der Waals surface area contributed by atoms with E-state index < -0.39 is 0 Å². The number of hydrogen-bond acceptors (Lipinski definition) is 4. The van der Waals surface area contributed by atoms with Crippen molar-refractivity contribution in [2.75, 3.05) is 20.2 Å². The zero-order valence-electron chi connectivity index (χ0n) is 14.1. The lowest BCUT2D eigenvalue weighted by atomic mass is 9.93. The lowest BCUT2D eigenvalue weighted by Crippen LogP contribution is -2.35. The van der Waals surface area contributed by atoms with E-state index in [0.29, 0.717) is 6.04 Å². The van der Waals surface area contributed by atoms with E-state index in [9.17, 15) is 10.1 Å². The minimum absolute atomic E-state index is 0.146. The van der Waals surface area contributed by atoms with Crippen molar-refractivity contribution < 1.29 is 9.66 Å². The fraction of sp³-hybridized carbons (Fsp3) is 0.368. The van der Waals surface area contributed by atoms with Gasteiger partial charge >= 0.3 is 0 Å². The molecular formula is C19H22N2O3. The van der Waals surface area contributed by atoms with Gasteiger partial charge in [0, 0.05) is 31.3 Å². The lowest BCUT2D eigenvalue weighted by Gasteiger charge is -2.35. The molecule has 0 spiro atoms. The molecule has 1 aliphatic heterocycles. The Morgan fingerprint density at radius 3 is 2.67 bits per heavy atom. The molecule has 0 radical (unpaired) electrons. The average Bonchev–Trinajstić information content (AvgIpc) is 2.61. The first-order valence-corrected chi connectivity index (χ1v) is 8.22. The molecule has 1 heterocycles. The molecule has 0 fully saturated rings. The maximum atomic E-state index is 10.7. The van der Waals surface area contributed by atoms with E-state index in [2.05, 4.69) is 24.0 Å². The molecule has 3 rings (SSSR count). The summed E-state index contributed by atoms with van der Waals surface area (Å²) in [5.41, 5.74) is 4.01. The highest BCUT2D eigenvalue weighted by Crippen LogP contribution is 2.31. The standard InChI is InChI=1S/C19H22N2O3/c1-14-19-8-7-18(24-2)13-16(19)10-12-20(14)11-9-15-3-5-17(6-4-15)21(22)23/h3-8,13-14H,9-12H2,1-2H3. The van der Waals surface area contributed by atoms with E-state index in [0.717, 1.165) is 37.2 Å². The molecule has 0 bridgehead atoms. The molecule has 5 heteroatoms. The highest BCUT2D eigenvalue weighted by molar-refractivity contribution is 5.39. The van der Waals surface area contributed by atoms with E-state index in [1.807, 2.05) is 18.2 Å². The fourth-order valence-electron chi connectivity index (χ4n) is 3.35. The summed E-state index contributed by atoms with van der Waals surface area (Å²) in [5, 5.41) is 10.7. The Hall–Kier alpha value is -2.40. The fourth-order valence-corrected chi connectivity index (χ4v) is 3.35. The van der Waals surface area contributed by atoms with Gasteiger partial charge in [-0.15, -0.1) is 0 Å². The predicted molar refractivity (Wildman–Crippen MR) is 93.5 cm³/mol. The summed E-state index contributed by atoms with van der Waals surface area (Å²) in [6.07, 6.45) is 1.92. The molecule has 1 atom stereocenters. The van der Waals surface area contributed by atoms with E-state index in [4.69, 9.17) is 4.74 Å². The van der Waals surface area contributed by atoms with Gasteiger partial charge in [0.05, 0.1) is 12.0 Å². The van der Waals surface area contributed by atoms with Gasteiger partial charge in [-0.25, -0.2) is 0 Å². The molecule has 1 aliphatic rings. The first-order valence-electron chi connectivity index (χ1n) is 8.22. The summed E-state index contributed by atoms with van der Waals surface area (Å²) in [7, 11) is 1.70. The minimum Gasteiger partial charge on any atom is -0.497 e. The van der Waals surface area contributed by atoms with E-state index >= 15 is 0 Å². The van der Waals surface area contributed by atoms with Crippen molar-refractivity contribution in [1.29, 1.82) is 0 Å². The summed E-state index contributed by atoms with van der Waals surface area (Å²) >= 11 is 0. The quantitative estimate of drug-likeness (QED) is 0.620. The van der Waals surface area contributed by atoms with Gasteiger partial charge in [-0.3, -0.25) is 15.0 Å². The Morgan fingerprint density at radius 2 is 2.00 bits per heavy atom. The molecule has 2 aromatic rings. The van der Waals surface area contributed by atoms with Crippen LogP contribution in [0.4, 0.5) is 5.69 Å². The number of nitro groups is 1. The Kier molecular flexibility index (Phi) is 4.81. The smallest absolute Gasteiger partial charge is 0.269 e. The number of rotatable bonds is 5. The van der Waals surface area contributed by atoms with E-state index in [1.165, 1.54) is 11.1 Å². The number of nitro benzene ring substituents is 1. The third-order valence-electron chi connectivity index (χ3n) is 4.85. The van der Waals surface area contributed by atoms with Gasteiger partial charge in [0.2, 0.25) is 0 Å². The summed E-state index contributed by atoms with van der Waals surface area (Å²) in [6.45, 7) is 4.21. The van der Waals surface area contributed by atoms with E-state index in [-0.39, 0.29) is 10.6 Å². The van der Waals surface area contributed by atoms with Gasteiger partial charge in [-0.05, 0) is 48.6 Å². The number of ether oxygens (including phenoxy) is 1. The number of non-ortho nitro benzene ring substituents is 1. The van der Waals surface area contributed by atoms with Crippen LogP contribution >= 0.6 is 0 Å². The maximum absolute atomic E-state index is 10.7. The summed E-state index contributed by atoms with van der Waals surface area (Å²) in [4.78, 5) is 12.8. The molecule has 2 aromatic carbocycles. The van der Waals surface area contributed by atoms with Gasteiger partial charge in [0.1, 0.15) is 5.75 Å². The second kappa shape index (κ2) is 7.01. The van der Waals surface area contributed by atoms with Crippen LogP contribution in [0.25, 0.3) is 0 Å². The SMILES string of the molecule is COc1ccc2c(c1)CCN(CCc1ccc([N+](=O)[O-])cc1)C2C. The molecule has 0 amide bonds. The zero-order valence-corrected chi connectivity index (χ0v) is 14.1. The van der Waals surface area contributed by atoms with Gasteiger partial charge in [0.25, 0.3) is 5.69 Å². The number of benzene rings is 2. The normalized spacial score (nSPS) is 17.3. The number of hydrogen-bond donors (Lipinski definition) is 0. The first-order chi connectivity index (χ1) is 11.6. The van der Waals surface area contributed by atoms with Crippen molar-refractivity contribution in [1.82, 2.24) is 4.90 Å². The van der Waals surface area contributed by atoms with Crippen LogP contribution in [0.15, 0.2) is 42.5 Å².